The van der Waals surface area contributed by atoms with Gasteiger partial charge in [-0.25, -0.2) is 0 Å². The molecule has 8 heteroatoms. The lowest BCUT2D eigenvalue weighted by Gasteiger charge is -2.12. The Morgan fingerprint density at radius 3 is 2.36 bits per heavy atom. The zero-order valence-electron chi connectivity index (χ0n) is 10.8. The van der Waals surface area contributed by atoms with E-state index in [9.17, 15) is 21.6 Å². The fraction of sp³-hybridized carbons (Fsp3) is 0.0714. The zero-order chi connectivity index (χ0) is 16.0. The van der Waals surface area contributed by atoms with E-state index < -0.39 is 21.4 Å². The molecule has 0 saturated heterocycles. The number of hydrogen-bond acceptors (Lipinski definition) is 4. The Bertz CT molecular complexity index is 968. The van der Waals surface area contributed by atoms with Gasteiger partial charge in [0, 0.05) is 11.6 Å². The van der Waals surface area contributed by atoms with Crippen molar-refractivity contribution in [3.05, 3.63) is 48.7 Å². The van der Waals surface area contributed by atoms with Crippen LogP contribution in [0.25, 0.3) is 21.7 Å². The third kappa shape index (κ3) is 2.35. The summed E-state index contributed by atoms with van der Waals surface area (Å²) in [5, 5.41) is 1.41. The zero-order valence-corrected chi connectivity index (χ0v) is 11.6. The van der Waals surface area contributed by atoms with Crippen molar-refractivity contribution in [1.29, 1.82) is 0 Å². The van der Waals surface area contributed by atoms with E-state index >= 15 is 0 Å². The van der Waals surface area contributed by atoms with Crippen molar-refractivity contribution in [3.8, 4) is 5.75 Å². The van der Waals surface area contributed by atoms with Crippen LogP contribution in [0.1, 0.15) is 0 Å². The summed E-state index contributed by atoms with van der Waals surface area (Å²) in [6, 6.07) is 11.0. The first-order valence-corrected chi connectivity index (χ1v) is 7.48. The summed E-state index contributed by atoms with van der Waals surface area (Å²) < 4.78 is 64.3. The number of halogens is 3. The maximum absolute atomic E-state index is 12.5. The first-order chi connectivity index (χ1) is 10.3. The van der Waals surface area contributed by atoms with Crippen molar-refractivity contribution in [3.63, 3.8) is 0 Å². The molecule has 4 nitrogen and oxygen atoms in total. The molecular formula is C14H8F3NO3S. The van der Waals surface area contributed by atoms with Crippen LogP contribution in [0.2, 0.25) is 0 Å². The molecular weight excluding hydrogens is 319 g/mol. The molecule has 2 aromatic carbocycles. The van der Waals surface area contributed by atoms with E-state index in [-0.39, 0.29) is 5.39 Å². The second-order valence-electron chi connectivity index (χ2n) is 4.48. The molecule has 22 heavy (non-hydrogen) atoms. The normalized spacial score (nSPS) is 12.7. The van der Waals surface area contributed by atoms with Gasteiger partial charge in [0.2, 0.25) is 0 Å². The average molecular weight is 327 g/mol. The largest absolute Gasteiger partial charge is 0.534 e. The molecule has 3 aromatic rings. The predicted molar refractivity (Wildman–Crippen MR) is 74.9 cm³/mol. The van der Waals surface area contributed by atoms with Crippen LogP contribution in [0.4, 0.5) is 13.2 Å². The lowest BCUT2D eigenvalue weighted by Crippen LogP contribution is -2.28. The molecule has 0 bridgehead atoms. The Morgan fingerprint density at radius 2 is 1.64 bits per heavy atom. The lowest BCUT2D eigenvalue weighted by molar-refractivity contribution is -0.0499. The minimum absolute atomic E-state index is 0.216. The summed E-state index contributed by atoms with van der Waals surface area (Å²) in [6.45, 7) is 0. The quantitative estimate of drug-likeness (QED) is 0.410. The molecule has 1 aromatic heterocycles. The van der Waals surface area contributed by atoms with Crippen LogP contribution in [0.5, 0.6) is 5.75 Å². The maximum atomic E-state index is 12.5. The molecule has 0 aliphatic carbocycles. The van der Waals surface area contributed by atoms with E-state index in [0.717, 1.165) is 0 Å². The third-order valence-corrected chi connectivity index (χ3v) is 4.03. The van der Waals surface area contributed by atoms with Crippen LogP contribution in [-0.2, 0) is 10.1 Å². The van der Waals surface area contributed by atoms with Gasteiger partial charge in [0.05, 0.1) is 10.9 Å². The second kappa shape index (κ2) is 4.84. The third-order valence-electron chi connectivity index (χ3n) is 3.06. The van der Waals surface area contributed by atoms with Gasteiger partial charge in [0.25, 0.3) is 0 Å². The van der Waals surface area contributed by atoms with Gasteiger partial charge in [0.1, 0.15) is 0 Å². The monoisotopic (exact) mass is 327 g/mol. The van der Waals surface area contributed by atoms with E-state index in [0.29, 0.717) is 16.3 Å². The highest BCUT2D eigenvalue weighted by atomic mass is 32.2. The molecule has 114 valence electrons. The number of hydrogen-bond donors (Lipinski definition) is 0. The van der Waals surface area contributed by atoms with Gasteiger partial charge in [0.15, 0.2) is 5.75 Å². The van der Waals surface area contributed by atoms with Crippen LogP contribution >= 0.6 is 0 Å². The van der Waals surface area contributed by atoms with Gasteiger partial charge < -0.3 is 4.18 Å². The Hall–Kier alpha value is -2.35. The van der Waals surface area contributed by atoms with Gasteiger partial charge in [-0.05, 0) is 17.5 Å². The summed E-state index contributed by atoms with van der Waals surface area (Å²) in [4.78, 5) is 4.11. The topological polar surface area (TPSA) is 56.3 Å². The summed E-state index contributed by atoms with van der Waals surface area (Å²) >= 11 is 0. The minimum Gasteiger partial charge on any atom is -0.375 e. The van der Waals surface area contributed by atoms with Crippen LogP contribution in [-0.4, -0.2) is 18.9 Å². The van der Waals surface area contributed by atoms with E-state index in [1.807, 2.05) is 0 Å². The van der Waals surface area contributed by atoms with E-state index in [2.05, 4.69) is 9.17 Å². The molecule has 0 spiro atoms. The van der Waals surface area contributed by atoms with Gasteiger partial charge >= 0.3 is 15.6 Å². The number of fused-ring (bicyclic) bond motifs is 3. The predicted octanol–water partition coefficient (Wildman–Crippen LogP) is 3.62. The van der Waals surface area contributed by atoms with Crippen molar-refractivity contribution in [1.82, 2.24) is 4.98 Å². The molecule has 3 rings (SSSR count). The van der Waals surface area contributed by atoms with E-state index in [4.69, 9.17) is 0 Å². The van der Waals surface area contributed by atoms with Gasteiger partial charge in [-0.1, -0.05) is 30.3 Å². The number of rotatable bonds is 2. The average Bonchev–Trinajstić information content (AvgIpc) is 2.45. The molecule has 0 amide bonds. The van der Waals surface area contributed by atoms with Gasteiger partial charge in [-0.15, -0.1) is 0 Å². The highest BCUT2D eigenvalue weighted by molar-refractivity contribution is 7.88. The molecule has 1 heterocycles. The molecule has 0 atom stereocenters. The van der Waals surface area contributed by atoms with Crippen LogP contribution < -0.4 is 4.18 Å². The van der Waals surface area contributed by atoms with Crippen molar-refractivity contribution < 1.29 is 25.8 Å². The number of pyridine rings is 1. The molecule has 0 N–H and O–H groups in total. The van der Waals surface area contributed by atoms with Crippen molar-refractivity contribution in [2.24, 2.45) is 0 Å². The number of aromatic nitrogens is 1. The molecule has 0 saturated carbocycles. The second-order valence-corrected chi connectivity index (χ2v) is 6.02. The Balaban J connectivity index is 2.29. The first kappa shape index (κ1) is 14.6. The van der Waals surface area contributed by atoms with Crippen molar-refractivity contribution in [2.75, 3.05) is 0 Å². The first-order valence-electron chi connectivity index (χ1n) is 6.07. The van der Waals surface area contributed by atoms with Gasteiger partial charge in [-0.2, -0.15) is 21.6 Å². The van der Waals surface area contributed by atoms with Crippen LogP contribution in [0.15, 0.2) is 48.7 Å². The molecule has 0 aliphatic rings. The van der Waals surface area contributed by atoms with Crippen LogP contribution in [0, 0.1) is 0 Å². The Kier molecular flexibility index (Phi) is 3.21. The number of benzene rings is 2. The summed E-state index contributed by atoms with van der Waals surface area (Å²) in [7, 11) is -5.74. The molecule has 0 radical (unpaired) electrons. The molecule has 0 fully saturated rings. The Labute approximate surface area is 123 Å². The molecule has 0 aliphatic heterocycles. The van der Waals surface area contributed by atoms with Crippen molar-refractivity contribution in [2.45, 2.75) is 5.51 Å². The van der Waals surface area contributed by atoms with E-state index in [1.54, 1.807) is 30.3 Å². The fourth-order valence-corrected chi connectivity index (χ4v) is 2.59. The standard InChI is InChI=1S/C14H8F3NO3S/c15-14(16,17)22(19,20)21-11-5-1-3-9-6-7-10-4-2-8-18-13(10)12(9)11/h1-8H. The highest BCUT2D eigenvalue weighted by Crippen LogP contribution is 2.35. The Morgan fingerprint density at radius 1 is 0.955 bits per heavy atom. The fourth-order valence-electron chi connectivity index (χ4n) is 2.12. The summed E-state index contributed by atoms with van der Waals surface area (Å²) in [6.07, 6.45) is 1.47. The number of alkyl halides is 3. The molecule has 0 unspecified atom stereocenters. The smallest absolute Gasteiger partial charge is 0.375 e. The lowest BCUT2D eigenvalue weighted by atomic mass is 10.1. The SMILES string of the molecule is O=S(=O)(Oc1cccc2ccc3cccnc3c12)C(F)(F)F. The van der Waals surface area contributed by atoms with Crippen molar-refractivity contribution >= 4 is 31.8 Å². The maximum Gasteiger partial charge on any atom is 0.534 e. The summed E-state index contributed by atoms with van der Waals surface area (Å²) in [5.74, 6) is -0.404. The van der Waals surface area contributed by atoms with E-state index in [1.165, 1.54) is 18.3 Å². The number of nitrogens with zero attached hydrogens (tertiary/aromatic N) is 1. The van der Waals surface area contributed by atoms with Gasteiger partial charge in [-0.3, -0.25) is 4.98 Å². The minimum atomic E-state index is -5.74. The summed E-state index contributed by atoms with van der Waals surface area (Å²) in [5.41, 5.74) is -5.12. The highest BCUT2D eigenvalue weighted by Gasteiger charge is 2.48. The van der Waals surface area contributed by atoms with Crippen LogP contribution in [0.3, 0.4) is 0 Å².